The molecule has 148 valence electrons. The van der Waals surface area contributed by atoms with Gasteiger partial charge in [-0.1, -0.05) is 42.0 Å². The zero-order valence-corrected chi connectivity index (χ0v) is 17.2. The van der Waals surface area contributed by atoms with Crippen LogP contribution in [0.25, 0.3) is 0 Å². The maximum Gasteiger partial charge on any atom is 0.232 e. The van der Waals surface area contributed by atoms with Gasteiger partial charge in [-0.3, -0.25) is 4.79 Å². The molecule has 1 heterocycles. The fraction of sp³-hybridized carbons (Fsp3) is 0.240. The lowest BCUT2D eigenvalue weighted by molar-refractivity contribution is -0.118. The first-order valence-corrected chi connectivity index (χ1v) is 9.72. The molecule has 0 saturated heterocycles. The fourth-order valence-corrected chi connectivity index (χ4v) is 4.07. The Morgan fingerprint density at radius 2 is 1.52 bits per heavy atom. The Labute approximate surface area is 171 Å². The molecule has 29 heavy (non-hydrogen) atoms. The second kappa shape index (κ2) is 7.63. The number of methoxy groups -OCH3 is 2. The molecule has 0 N–H and O–H groups in total. The number of fused-ring (bicyclic) bond motifs is 1. The van der Waals surface area contributed by atoms with Crippen LogP contribution in [0.3, 0.4) is 0 Å². The largest absolute Gasteiger partial charge is 0.493 e. The molecular formula is C25H25NO3. The lowest BCUT2D eigenvalue weighted by atomic mass is 9.85. The first-order chi connectivity index (χ1) is 14.0. The van der Waals surface area contributed by atoms with Gasteiger partial charge in [-0.25, -0.2) is 0 Å². The van der Waals surface area contributed by atoms with E-state index in [1.165, 1.54) is 0 Å². The third kappa shape index (κ3) is 3.35. The van der Waals surface area contributed by atoms with E-state index in [0.717, 1.165) is 33.5 Å². The Bertz CT molecular complexity index is 1060. The molecule has 0 aromatic heterocycles. The van der Waals surface area contributed by atoms with Crippen LogP contribution in [0, 0.1) is 13.8 Å². The molecule has 3 aromatic rings. The highest BCUT2D eigenvalue weighted by Crippen LogP contribution is 2.43. The summed E-state index contributed by atoms with van der Waals surface area (Å²) in [6, 6.07) is 20.1. The zero-order chi connectivity index (χ0) is 20.5. The van der Waals surface area contributed by atoms with Gasteiger partial charge >= 0.3 is 0 Å². The number of hydrogen-bond donors (Lipinski definition) is 0. The summed E-state index contributed by atoms with van der Waals surface area (Å²) in [6.45, 7) is 4.13. The number of hydrogen-bond acceptors (Lipinski definition) is 3. The van der Waals surface area contributed by atoms with E-state index in [1.54, 1.807) is 14.2 Å². The van der Waals surface area contributed by atoms with Crippen LogP contribution in [0.1, 0.15) is 33.9 Å². The van der Waals surface area contributed by atoms with Crippen molar-refractivity contribution in [1.82, 2.24) is 0 Å². The Morgan fingerprint density at radius 3 is 2.17 bits per heavy atom. The summed E-state index contributed by atoms with van der Waals surface area (Å²) in [5.74, 6) is 1.39. The van der Waals surface area contributed by atoms with Crippen LogP contribution in [0.2, 0.25) is 0 Å². The lowest BCUT2D eigenvalue weighted by Crippen LogP contribution is -2.41. The van der Waals surface area contributed by atoms with Crippen LogP contribution in [-0.2, 0) is 11.2 Å². The van der Waals surface area contributed by atoms with Crippen molar-refractivity contribution in [3.05, 3.63) is 88.5 Å². The van der Waals surface area contributed by atoms with Crippen molar-refractivity contribution in [2.45, 2.75) is 26.3 Å². The highest BCUT2D eigenvalue weighted by molar-refractivity contribution is 5.98. The number of nitrogens with zero attached hydrogens (tertiary/aromatic N) is 1. The SMILES string of the molecule is COc1cc2c(cc1OC)[C@@H](c1ccccc1C)N(c1ccc(C)cc1)C(=O)C2. The highest BCUT2D eigenvalue weighted by Gasteiger charge is 2.36. The Kier molecular flexibility index (Phi) is 5.01. The molecule has 3 aromatic carbocycles. The quantitative estimate of drug-likeness (QED) is 0.632. The standard InChI is InChI=1S/C25H25NO3/c1-16-9-11-19(12-10-16)26-24(27)14-18-13-22(28-3)23(29-4)15-21(18)25(26)20-8-6-5-7-17(20)2/h5-13,15,25H,14H2,1-4H3/t25-/m1/s1. The smallest absolute Gasteiger partial charge is 0.232 e. The molecule has 4 rings (SSSR count). The molecule has 0 saturated carbocycles. The van der Waals surface area contributed by atoms with E-state index in [2.05, 4.69) is 19.1 Å². The fourth-order valence-electron chi connectivity index (χ4n) is 4.07. The molecule has 0 radical (unpaired) electrons. The van der Waals surface area contributed by atoms with Crippen LogP contribution >= 0.6 is 0 Å². The van der Waals surface area contributed by atoms with Gasteiger partial charge in [-0.2, -0.15) is 0 Å². The van der Waals surface area contributed by atoms with E-state index in [0.29, 0.717) is 17.9 Å². The molecule has 0 unspecified atom stereocenters. The van der Waals surface area contributed by atoms with Gasteiger partial charge < -0.3 is 14.4 Å². The molecule has 1 aliphatic heterocycles. The topological polar surface area (TPSA) is 38.8 Å². The van der Waals surface area contributed by atoms with Gasteiger partial charge in [0.15, 0.2) is 11.5 Å². The van der Waals surface area contributed by atoms with Gasteiger partial charge in [0.05, 0.1) is 26.7 Å². The minimum absolute atomic E-state index is 0.0711. The van der Waals surface area contributed by atoms with Crippen molar-refractivity contribution in [2.75, 3.05) is 19.1 Å². The number of anilines is 1. The number of aryl methyl sites for hydroxylation is 2. The van der Waals surface area contributed by atoms with Gasteiger partial charge in [0.1, 0.15) is 0 Å². The Hall–Kier alpha value is -3.27. The summed E-state index contributed by atoms with van der Waals surface area (Å²) in [4.78, 5) is 15.3. The molecule has 0 bridgehead atoms. The van der Waals surface area contributed by atoms with Gasteiger partial charge in [-0.05, 0) is 60.4 Å². The van der Waals surface area contributed by atoms with E-state index >= 15 is 0 Å². The third-order valence-electron chi connectivity index (χ3n) is 5.60. The monoisotopic (exact) mass is 387 g/mol. The second-order valence-corrected chi connectivity index (χ2v) is 7.44. The van der Waals surface area contributed by atoms with Gasteiger partial charge in [0.2, 0.25) is 5.91 Å². The normalized spacial score (nSPS) is 15.8. The van der Waals surface area contributed by atoms with Crippen LogP contribution in [-0.4, -0.2) is 20.1 Å². The van der Waals surface area contributed by atoms with Crippen LogP contribution in [0.4, 0.5) is 5.69 Å². The summed E-state index contributed by atoms with van der Waals surface area (Å²) in [7, 11) is 3.26. The summed E-state index contributed by atoms with van der Waals surface area (Å²) < 4.78 is 11.0. The number of rotatable bonds is 4. The maximum absolute atomic E-state index is 13.3. The molecule has 0 fully saturated rings. The molecule has 1 aliphatic rings. The van der Waals surface area contributed by atoms with Crippen LogP contribution < -0.4 is 14.4 Å². The summed E-state index contributed by atoms with van der Waals surface area (Å²) in [5, 5.41) is 0. The molecule has 0 spiro atoms. The first-order valence-electron chi connectivity index (χ1n) is 9.72. The zero-order valence-electron chi connectivity index (χ0n) is 17.2. The molecule has 1 atom stereocenters. The number of benzene rings is 3. The average molecular weight is 387 g/mol. The molecule has 4 nitrogen and oxygen atoms in total. The van der Waals surface area contributed by atoms with Crippen molar-refractivity contribution in [3.8, 4) is 11.5 Å². The van der Waals surface area contributed by atoms with E-state index in [-0.39, 0.29) is 11.9 Å². The van der Waals surface area contributed by atoms with Crippen LogP contribution in [0.5, 0.6) is 11.5 Å². The number of ether oxygens (including phenoxy) is 2. The predicted molar refractivity (Wildman–Crippen MR) is 115 cm³/mol. The predicted octanol–water partition coefficient (Wildman–Crippen LogP) is 5.00. The summed E-state index contributed by atoms with van der Waals surface area (Å²) in [6.07, 6.45) is 0.325. The van der Waals surface area contributed by atoms with Crippen molar-refractivity contribution in [2.24, 2.45) is 0 Å². The Balaban J connectivity index is 1.97. The minimum Gasteiger partial charge on any atom is -0.493 e. The Morgan fingerprint density at radius 1 is 0.862 bits per heavy atom. The van der Waals surface area contributed by atoms with Gasteiger partial charge in [-0.15, -0.1) is 0 Å². The highest BCUT2D eigenvalue weighted by atomic mass is 16.5. The second-order valence-electron chi connectivity index (χ2n) is 7.44. The maximum atomic E-state index is 13.3. The van der Waals surface area contributed by atoms with Crippen molar-refractivity contribution in [3.63, 3.8) is 0 Å². The van der Waals surface area contributed by atoms with E-state index in [4.69, 9.17) is 9.47 Å². The van der Waals surface area contributed by atoms with Gasteiger partial charge in [0.25, 0.3) is 0 Å². The van der Waals surface area contributed by atoms with Gasteiger partial charge in [0, 0.05) is 5.69 Å². The average Bonchev–Trinajstić information content (AvgIpc) is 2.73. The molecule has 0 aliphatic carbocycles. The number of amides is 1. The number of carbonyl (C=O) groups is 1. The van der Waals surface area contributed by atoms with Crippen molar-refractivity contribution >= 4 is 11.6 Å². The number of carbonyl (C=O) groups excluding carboxylic acids is 1. The third-order valence-corrected chi connectivity index (χ3v) is 5.60. The van der Waals surface area contributed by atoms with E-state index in [1.807, 2.05) is 60.4 Å². The lowest BCUT2D eigenvalue weighted by Gasteiger charge is -2.38. The van der Waals surface area contributed by atoms with Crippen molar-refractivity contribution in [1.29, 1.82) is 0 Å². The van der Waals surface area contributed by atoms with Crippen LogP contribution in [0.15, 0.2) is 60.7 Å². The molecular weight excluding hydrogens is 362 g/mol. The minimum atomic E-state index is -0.227. The molecule has 4 heteroatoms. The summed E-state index contributed by atoms with van der Waals surface area (Å²) in [5.41, 5.74) is 6.35. The van der Waals surface area contributed by atoms with E-state index < -0.39 is 0 Å². The molecule has 1 amide bonds. The summed E-state index contributed by atoms with van der Waals surface area (Å²) >= 11 is 0. The first kappa shape index (κ1) is 19.1. The van der Waals surface area contributed by atoms with Crippen molar-refractivity contribution < 1.29 is 14.3 Å². The van der Waals surface area contributed by atoms with E-state index in [9.17, 15) is 4.79 Å².